The summed E-state index contributed by atoms with van der Waals surface area (Å²) in [7, 11) is 0. The van der Waals surface area contributed by atoms with Crippen LogP contribution >= 0.6 is 0 Å². The monoisotopic (exact) mass is 1600 g/mol. The van der Waals surface area contributed by atoms with Crippen LogP contribution in [-0.2, 0) is 19.2 Å². The van der Waals surface area contributed by atoms with Gasteiger partial charge in [0.15, 0.2) is 0 Å². The SMILES string of the molecule is CCCCCCCCCCCCCCCCCC(=O)O.CCCCCCCCCCCCCCCCCC(=O)O.CCCCCCCCCCCCCCCCCC(=O)O.CCCCCCCCCCCCCCCCCC(=O)O.OCC(O)CO.OCC(O)CO.OCC(O)CO.OCC(O)CO.OCC(O)CO. The summed E-state index contributed by atoms with van der Waals surface area (Å²) in [5, 5.41) is 154. The molecular weight excluding hydrogens is 1410 g/mol. The van der Waals surface area contributed by atoms with E-state index in [0.29, 0.717) is 25.7 Å². The van der Waals surface area contributed by atoms with Crippen molar-refractivity contribution in [3.8, 4) is 0 Å². The number of aliphatic hydroxyl groups is 15. The quantitative estimate of drug-likeness (QED) is 0.0251. The number of hydrogen-bond donors (Lipinski definition) is 19. The van der Waals surface area contributed by atoms with Crippen LogP contribution in [-0.4, -0.2) is 217 Å². The van der Waals surface area contributed by atoms with E-state index in [1.165, 1.54) is 334 Å². The van der Waals surface area contributed by atoms with Gasteiger partial charge in [0.25, 0.3) is 0 Å². The fourth-order valence-corrected chi connectivity index (χ4v) is 10.9. The van der Waals surface area contributed by atoms with E-state index in [-0.39, 0.29) is 66.1 Å². The highest BCUT2D eigenvalue weighted by Gasteiger charge is 2.04. The minimum absolute atomic E-state index is 0.345. The van der Waals surface area contributed by atoms with E-state index in [2.05, 4.69) is 27.7 Å². The Labute approximate surface area is 672 Å². The molecule has 670 valence electrons. The van der Waals surface area contributed by atoms with Gasteiger partial charge >= 0.3 is 23.9 Å². The van der Waals surface area contributed by atoms with E-state index < -0.39 is 54.4 Å². The summed E-state index contributed by atoms with van der Waals surface area (Å²) in [6.45, 7) is 5.43. The molecule has 0 atom stereocenters. The Kier molecular flexibility index (Phi) is 139. The van der Waals surface area contributed by atoms with Crippen molar-refractivity contribution in [3.63, 3.8) is 0 Å². The summed E-state index contributed by atoms with van der Waals surface area (Å²) in [5.74, 6) is -2.61. The Balaban J connectivity index is -0.000000157. The van der Waals surface area contributed by atoms with E-state index in [1.807, 2.05) is 0 Å². The third-order valence-electron chi connectivity index (χ3n) is 18.1. The minimum Gasteiger partial charge on any atom is -0.481 e. The second-order valence-electron chi connectivity index (χ2n) is 29.5. The molecule has 110 heavy (non-hydrogen) atoms. The summed E-state index contributed by atoms with van der Waals surface area (Å²) < 4.78 is 0. The van der Waals surface area contributed by atoms with Crippen LogP contribution in [0.2, 0.25) is 0 Å². The Morgan fingerprint density at radius 3 is 0.282 bits per heavy atom. The number of carbonyl (C=O) groups is 4. The van der Waals surface area contributed by atoms with Gasteiger partial charge in [0.2, 0.25) is 0 Å². The lowest BCUT2D eigenvalue weighted by atomic mass is 10.0. The molecule has 0 bridgehead atoms. The second-order valence-corrected chi connectivity index (χ2v) is 29.5. The van der Waals surface area contributed by atoms with Crippen molar-refractivity contribution in [3.05, 3.63) is 0 Å². The maximum atomic E-state index is 10.3. The van der Waals surface area contributed by atoms with Crippen LogP contribution in [0.5, 0.6) is 0 Å². The third kappa shape index (κ3) is 157. The fraction of sp³-hybridized carbons (Fsp3) is 0.954. The largest absolute Gasteiger partial charge is 0.481 e. The molecule has 0 aromatic heterocycles. The van der Waals surface area contributed by atoms with Crippen molar-refractivity contribution in [1.29, 1.82) is 0 Å². The van der Waals surface area contributed by atoms with Gasteiger partial charge < -0.3 is 97.0 Å². The highest BCUT2D eigenvalue weighted by molar-refractivity contribution is 5.67. The van der Waals surface area contributed by atoms with Crippen LogP contribution in [0.3, 0.4) is 0 Å². The molecule has 0 aliphatic heterocycles. The number of unbranched alkanes of at least 4 members (excludes halogenated alkanes) is 56. The predicted octanol–water partition coefficient (Wildman–Crippen LogP) is 17.0. The van der Waals surface area contributed by atoms with Gasteiger partial charge in [-0.05, 0) is 25.7 Å². The average molecular weight is 1600 g/mol. The van der Waals surface area contributed by atoms with E-state index in [9.17, 15) is 19.2 Å². The number of rotatable bonds is 74. The summed E-state index contributed by atoms with van der Waals surface area (Å²) in [6.07, 6.45) is 76.0. The number of hydrogen-bond acceptors (Lipinski definition) is 19. The second kappa shape index (κ2) is 122. The van der Waals surface area contributed by atoms with Crippen LogP contribution in [0.15, 0.2) is 0 Å². The molecule has 0 aromatic rings. The van der Waals surface area contributed by atoms with Gasteiger partial charge in [-0.3, -0.25) is 19.2 Å². The van der Waals surface area contributed by atoms with Crippen molar-refractivity contribution in [1.82, 2.24) is 0 Å². The van der Waals surface area contributed by atoms with Crippen LogP contribution in [0.25, 0.3) is 0 Å². The lowest BCUT2D eigenvalue weighted by Gasteiger charge is -2.03. The maximum Gasteiger partial charge on any atom is 0.303 e. The number of aliphatic hydroxyl groups excluding tert-OH is 15. The molecule has 0 aromatic carbocycles. The van der Waals surface area contributed by atoms with Crippen LogP contribution < -0.4 is 0 Å². The zero-order chi connectivity index (χ0) is 84.5. The standard InChI is InChI=1S/4C18H36O2.5C3H8O3/c4*1-2-3-4-5-6-7-8-9-10-11-12-13-14-15-16-17-18(19)20;5*4-1-3(6)2-5/h4*2-17H2,1H3,(H,19,20);5*3-6H,1-2H2. The summed E-state index contributed by atoms with van der Waals surface area (Å²) in [4.78, 5) is 41.3. The first kappa shape index (κ1) is 125. The normalized spacial score (nSPS) is 10.6. The Hall–Kier alpha value is -2.72. The van der Waals surface area contributed by atoms with Crippen molar-refractivity contribution in [2.24, 2.45) is 0 Å². The number of aliphatic carboxylic acids is 4. The van der Waals surface area contributed by atoms with E-state index in [4.69, 9.17) is 97.0 Å². The molecule has 0 aliphatic carbocycles. The van der Waals surface area contributed by atoms with Crippen molar-refractivity contribution >= 4 is 23.9 Å². The Morgan fingerprint density at radius 2 is 0.227 bits per heavy atom. The minimum atomic E-state index is -0.954. The van der Waals surface area contributed by atoms with Gasteiger partial charge in [0.1, 0.15) is 30.5 Å². The first-order chi connectivity index (χ1) is 53.1. The molecular formula is C87H184O23. The average Bonchev–Trinajstić information content (AvgIpc) is 2.66. The molecule has 0 saturated heterocycles. The Morgan fingerprint density at radius 1 is 0.155 bits per heavy atom. The van der Waals surface area contributed by atoms with Gasteiger partial charge in [-0.15, -0.1) is 0 Å². The summed E-state index contributed by atoms with van der Waals surface area (Å²) in [5.41, 5.74) is 0. The van der Waals surface area contributed by atoms with E-state index in [1.54, 1.807) is 0 Å². The molecule has 0 rings (SSSR count). The zero-order valence-corrected chi connectivity index (χ0v) is 71.3. The zero-order valence-electron chi connectivity index (χ0n) is 71.3. The summed E-state index contributed by atoms with van der Waals surface area (Å²) >= 11 is 0. The molecule has 0 fully saturated rings. The van der Waals surface area contributed by atoms with E-state index >= 15 is 0 Å². The molecule has 0 aliphatic rings. The lowest BCUT2D eigenvalue weighted by Crippen LogP contribution is -2.15. The third-order valence-corrected chi connectivity index (χ3v) is 18.1. The van der Waals surface area contributed by atoms with Crippen LogP contribution in [0.4, 0.5) is 0 Å². The van der Waals surface area contributed by atoms with Crippen molar-refractivity contribution in [2.45, 2.75) is 469 Å². The fourth-order valence-electron chi connectivity index (χ4n) is 10.9. The maximum absolute atomic E-state index is 10.3. The highest BCUT2D eigenvalue weighted by atomic mass is 16.4. The van der Waals surface area contributed by atoms with Crippen LogP contribution in [0, 0.1) is 0 Å². The first-order valence-corrected chi connectivity index (χ1v) is 44.5. The van der Waals surface area contributed by atoms with Gasteiger partial charge in [0.05, 0.1) is 66.1 Å². The van der Waals surface area contributed by atoms with Gasteiger partial charge in [-0.2, -0.15) is 0 Å². The van der Waals surface area contributed by atoms with E-state index in [0.717, 1.165) is 51.4 Å². The number of carboxylic acids is 4. The predicted molar refractivity (Wildman–Crippen MR) is 450 cm³/mol. The molecule has 0 unspecified atom stereocenters. The van der Waals surface area contributed by atoms with Gasteiger partial charge in [-0.25, -0.2) is 0 Å². The topological polar surface area (TPSA) is 453 Å². The Bertz CT molecular complexity index is 1350. The molecule has 0 radical (unpaired) electrons. The first-order valence-electron chi connectivity index (χ1n) is 44.5. The van der Waals surface area contributed by atoms with Gasteiger partial charge in [-0.1, -0.05) is 387 Å². The smallest absolute Gasteiger partial charge is 0.303 e. The van der Waals surface area contributed by atoms with Gasteiger partial charge in [0, 0.05) is 25.7 Å². The lowest BCUT2D eigenvalue weighted by molar-refractivity contribution is -0.138. The van der Waals surface area contributed by atoms with Crippen LogP contribution in [0.1, 0.15) is 439 Å². The molecule has 0 spiro atoms. The molecule has 19 N–H and O–H groups in total. The number of carboxylic acid groups (broad SMARTS) is 4. The van der Waals surface area contributed by atoms with Crippen molar-refractivity contribution in [2.75, 3.05) is 66.1 Å². The summed E-state index contributed by atoms with van der Waals surface area (Å²) in [6, 6.07) is 0. The van der Waals surface area contributed by atoms with Crippen molar-refractivity contribution < 1.29 is 116 Å². The molecule has 23 nitrogen and oxygen atoms in total. The molecule has 0 saturated carbocycles. The molecule has 0 amide bonds. The molecule has 23 heteroatoms. The molecule has 0 heterocycles. The highest BCUT2D eigenvalue weighted by Crippen LogP contribution is 2.18.